The van der Waals surface area contributed by atoms with Crippen LogP contribution in [0.2, 0.25) is 0 Å². The van der Waals surface area contributed by atoms with Gasteiger partial charge in [0.05, 0.1) is 22.4 Å². The molecule has 0 fully saturated rings. The summed E-state index contributed by atoms with van der Waals surface area (Å²) in [6, 6.07) is 9.37. The fraction of sp³-hybridized carbons (Fsp3) is 0.118. The fourth-order valence-electron chi connectivity index (χ4n) is 2.57. The molecule has 0 bridgehead atoms. The molecule has 1 heterocycles. The minimum atomic E-state index is -1.13. The molecule has 0 spiro atoms. The van der Waals surface area contributed by atoms with E-state index in [0.29, 0.717) is 5.69 Å². The highest BCUT2D eigenvalue weighted by molar-refractivity contribution is 6.34. The fourth-order valence-corrected chi connectivity index (χ4v) is 2.57. The Labute approximate surface area is 126 Å². The van der Waals surface area contributed by atoms with Crippen molar-refractivity contribution in [3.8, 4) is 0 Å². The third kappa shape index (κ3) is 1.90. The second-order valence-electron chi connectivity index (χ2n) is 5.23. The second kappa shape index (κ2) is 4.80. The minimum Gasteiger partial charge on any atom is -0.478 e. The molecule has 0 aliphatic carbocycles. The number of aromatic carboxylic acids is 1. The van der Waals surface area contributed by atoms with E-state index in [4.69, 9.17) is 5.11 Å². The number of carboxylic acid groups (broad SMARTS) is 1. The van der Waals surface area contributed by atoms with Crippen LogP contribution in [-0.4, -0.2) is 22.9 Å². The molecule has 5 nitrogen and oxygen atoms in total. The Hall–Kier alpha value is -2.95. The number of imide groups is 1. The van der Waals surface area contributed by atoms with Crippen molar-refractivity contribution < 1.29 is 19.5 Å². The van der Waals surface area contributed by atoms with Gasteiger partial charge < -0.3 is 5.11 Å². The number of carboxylic acids is 1. The van der Waals surface area contributed by atoms with Gasteiger partial charge in [0.2, 0.25) is 0 Å². The molecule has 0 saturated carbocycles. The number of carbonyl (C=O) groups is 3. The monoisotopic (exact) mass is 295 g/mol. The maximum absolute atomic E-state index is 12.6. The summed E-state index contributed by atoms with van der Waals surface area (Å²) in [6.45, 7) is 3.75. The molecule has 0 radical (unpaired) electrons. The second-order valence-corrected chi connectivity index (χ2v) is 5.23. The molecule has 22 heavy (non-hydrogen) atoms. The molecule has 2 aromatic rings. The van der Waals surface area contributed by atoms with Crippen LogP contribution in [-0.2, 0) is 0 Å². The van der Waals surface area contributed by atoms with Gasteiger partial charge in [-0.05, 0) is 49.2 Å². The summed E-state index contributed by atoms with van der Waals surface area (Å²) < 4.78 is 0. The molecule has 110 valence electrons. The van der Waals surface area contributed by atoms with Gasteiger partial charge in [-0.25, -0.2) is 9.69 Å². The van der Waals surface area contributed by atoms with Crippen LogP contribution < -0.4 is 4.90 Å². The Balaban J connectivity index is 2.14. The van der Waals surface area contributed by atoms with Crippen molar-refractivity contribution in [3.05, 3.63) is 64.2 Å². The van der Waals surface area contributed by atoms with E-state index >= 15 is 0 Å². The van der Waals surface area contributed by atoms with Crippen molar-refractivity contribution in [1.82, 2.24) is 0 Å². The predicted octanol–water partition coefficient (Wildman–Crippen LogP) is 2.80. The Morgan fingerprint density at radius 3 is 2.36 bits per heavy atom. The highest BCUT2D eigenvalue weighted by atomic mass is 16.4. The van der Waals surface area contributed by atoms with E-state index < -0.39 is 17.8 Å². The van der Waals surface area contributed by atoms with E-state index in [0.717, 1.165) is 16.0 Å². The first kappa shape index (κ1) is 14.0. The standard InChI is InChI=1S/C17H13NO4/c1-9-4-3-5-14(10(9)2)18-15(19)12-7-6-11(17(21)22)8-13(12)16(18)20/h3-8H,1-2H3,(H,21,22). The Kier molecular flexibility index (Phi) is 3.06. The number of anilines is 1. The van der Waals surface area contributed by atoms with Crippen LogP contribution >= 0.6 is 0 Å². The molecule has 0 saturated heterocycles. The van der Waals surface area contributed by atoms with E-state index in [1.165, 1.54) is 18.2 Å². The smallest absolute Gasteiger partial charge is 0.335 e. The molecule has 0 atom stereocenters. The van der Waals surface area contributed by atoms with Crippen LogP contribution in [0.15, 0.2) is 36.4 Å². The number of nitrogens with zero attached hydrogens (tertiary/aromatic N) is 1. The van der Waals surface area contributed by atoms with Gasteiger partial charge >= 0.3 is 5.97 Å². The quantitative estimate of drug-likeness (QED) is 0.864. The number of carbonyl (C=O) groups excluding carboxylic acids is 2. The van der Waals surface area contributed by atoms with Crippen LogP contribution in [0.5, 0.6) is 0 Å². The lowest BCUT2D eigenvalue weighted by Crippen LogP contribution is -2.30. The van der Waals surface area contributed by atoms with Gasteiger partial charge in [0.1, 0.15) is 0 Å². The lowest BCUT2D eigenvalue weighted by atomic mass is 10.1. The van der Waals surface area contributed by atoms with Crippen LogP contribution in [0.25, 0.3) is 0 Å². The summed E-state index contributed by atoms with van der Waals surface area (Å²) in [7, 11) is 0. The van der Waals surface area contributed by atoms with Gasteiger partial charge in [-0.15, -0.1) is 0 Å². The average Bonchev–Trinajstić information content (AvgIpc) is 2.74. The number of fused-ring (bicyclic) bond motifs is 1. The van der Waals surface area contributed by atoms with Gasteiger partial charge in [-0.2, -0.15) is 0 Å². The molecule has 0 aromatic heterocycles. The maximum atomic E-state index is 12.6. The molecular weight excluding hydrogens is 282 g/mol. The zero-order valence-corrected chi connectivity index (χ0v) is 12.1. The maximum Gasteiger partial charge on any atom is 0.335 e. The van der Waals surface area contributed by atoms with E-state index in [1.807, 2.05) is 19.9 Å². The van der Waals surface area contributed by atoms with Crippen molar-refractivity contribution in [2.45, 2.75) is 13.8 Å². The van der Waals surface area contributed by atoms with Gasteiger partial charge in [-0.1, -0.05) is 12.1 Å². The average molecular weight is 295 g/mol. The zero-order chi connectivity index (χ0) is 16.0. The van der Waals surface area contributed by atoms with E-state index in [-0.39, 0.29) is 16.7 Å². The lowest BCUT2D eigenvalue weighted by molar-refractivity contribution is 0.0696. The summed E-state index contributed by atoms with van der Waals surface area (Å²) in [5.74, 6) is -2.05. The van der Waals surface area contributed by atoms with Crippen molar-refractivity contribution in [2.75, 3.05) is 4.90 Å². The molecule has 2 amide bonds. The molecule has 3 rings (SSSR count). The summed E-state index contributed by atoms with van der Waals surface area (Å²) >= 11 is 0. The SMILES string of the molecule is Cc1cccc(N2C(=O)c3ccc(C(=O)O)cc3C2=O)c1C. The van der Waals surface area contributed by atoms with Crippen LogP contribution in [0.3, 0.4) is 0 Å². The van der Waals surface area contributed by atoms with Gasteiger partial charge in [0.15, 0.2) is 0 Å². The number of hydrogen-bond acceptors (Lipinski definition) is 3. The number of aryl methyl sites for hydroxylation is 1. The van der Waals surface area contributed by atoms with Crippen LogP contribution in [0.4, 0.5) is 5.69 Å². The molecule has 2 aromatic carbocycles. The molecule has 1 aliphatic rings. The summed E-state index contributed by atoms with van der Waals surface area (Å²) in [4.78, 5) is 37.2. The highest BCUT2D eigenvalue weighted by Crippen LogP contribution is 2.32. The normalized spacial score (nSPS) is 13.5. The minimum absolute atomic E-state index is 0.0114. The molecule has 0 unspecified atom stereocenters. The Morgan fingerprint density at radius 1 is 1.00 bits per heavy atom. The van der Waals surface area contributed by atoms with Gasteiger partial charge in [-0.3, -0.25) is 9.59 Å². The van der Waals surface area contributed by atoms with Crippen molar-refractivity contribution in [3.63, 3.8) is 0 Å². The highest BCUT2D eigenvalue weighted by Gasteiger charge is 2.37. The third-order valence-corrected chi connectivity index (χ3v) is 3.95. The van der Waals surface area contributed by atoms with Gasteiger partial charge in [0, 0.05) is 0 Å². The Morgan fingerprint density at radius 2 is 1.68 bits per heavy atom. The van der Waals surface area contributed by atoms with Crippen molar-refractivity contribution >= 4 is 23.5 Å². The number of benzene rings is 2. The van der Waals surface area contributed by atoms with Crippen molar-refractivity contribution in [2.24, 2.45) is 0 Å². The van der Waals surface area contributed by atoms with Crippen molar-refractivity contribution in [1.29, 1.82) is 0 Å². The molecule has 1 N–H and O–H groups in total. The number of rotatable bonds is 2. The zero-order valence-electron chi connectivity index (χ0n) is 12.1. The van der Waals surface area contributed by atoms with E-state index in [2.05, 4.69) is 0 Å². The topological polar surface area (TPSA) is 74.7 Å². The largest absolute Gasteiger partial charge is 0.478 e. The first-order valence-corrected chi connectivity index (χ1v) is 6.74. The summed E-state index contributed by atoms with van der Waals surface area (Å²) in [5, 5.41) is 9.02. The third-order valence-electron chi connectivity index (χ3n) is 3.95. The summed E-state index contributed by atoms with van der Waals surface area (Å²) in [6.07, 6.45) is 0. The molecular formula is C17H13NO4. The van der Waals surface area contributed by atoms with E-state index in [1.54, 1.807) is 12.1 Å². The van der Waals surface area contributed by atoms with Crippen LogP contribution in [0.1, 0.15) is 42.2 Å². The predicted molar refractivity (Wildman–Crippen MR) is 80.5 cm³/mol. The molecule has 1 aliphatic heterocycles. The first-order chi connectivity index (χ1) is 10.4. The first-order valence-electron chi connectivity index (χ1n) is 6.74. The van der Waals surface area contributed by atoms with Crippen LogP contribution in [0, 0.1) is 13.8 Å². The molecule has 5 heteroatoms. The number of amides is 2. The van der Waals surface area contributed by atoms with E-state index in [9.17, 15) is 14.4 Å². The lowest BCUT2D eigenvalue weighted by Gasteiger charge is -2.17. The summed E-state index contributed by atoms with van der Waals surface area (Å²) in [5.41, 5.74) is 2.70. The van der Waals surface area contributed by atoms with Gasteiger partial charge in [0.25, 0.3) is 11.8 Å². The Bertz CT molecular complexity index is 839. The number of hydrogen-bond donors (Lipinski definition) is 1.